The average Bonchev–Trinajstić information content (AvgIpc) is 3.10. The van der Waals surface area contributed by atoms with Crippen LogP contribution >= 0.6 is 0 Å². The van der Waals surface area contributed by atoms with E-state index in [1.54, 1.807) is 0 Å². The molecule has 118 valence electrons. The Labute approximate surface area is 135 Å². The number of aryl methyl sites for hydroxylation is 1. The van der Waals surface area contributed by atoms with Gasteiger partial charge in [-0.3, -0.25) is 0 Å². The van der Waals surface area contributed by atoms with Crippen LogP contribution in [-0.2, 0) is 6.54 Å². The molecular formula is C18H19N3O2. The van der Waals surface area contributed by atoms with Gasteiger partial charge in [0.1, 0.15) is 5.65 Å². The Bertz CT molecular complexity index is 883. The van der Waals surface area contributed by atoms with Gasteiger partial charge in [-0.05, 0) is 56.9 Å². The van der Waals surface area contributed by atoms with Crippen molar-refractivity contribution >= 4 is 5.65 Å². The monoisotopic (exact) mass is 309 g/mol. The number of benzene rings is 1. The van der Waals surface area contributed by atoms with Crippen LogP contribution in [-0.4, -0.2) is 35.2 Å². The molecular weight excluding hydrogens is 290 g/mol. The molecule has 1 aliphatic heterocycles. The Hall–Kier alpha value is -2.53. The first kappa shape index (κ1) is 14.1. The highest BCUT2D eigenvalue weighted by Gasteiger charge is 2.19. The molecule has 3 heterocycles. The normalized spacial score (nSPS) is 13.2. The summed E-state index contributed by atoms with van der Waals surface area (Å²) in [4.78, 5) is 7.01. The van der Waals surface area contributed by atoms with E-state index < -0.39 is 0 Å². The van der Waals surface area contributed by atoms with Gasteiger partial charge in [-0.2, -0.15) is 0 Å². The van der Waals surface area contributed by atoms with E-state index >= 15 is 0 Å². The predicted molar refractivity (Wildman–Crippen MR) is 88.9 cm³/mol. The third-order valence-electron chi connectivity index (χ3n) is 3.99. The largest absolute Gasteiger partial charge is 0.454 e. The summed E-state index contributed by atoms with van der Waals surface area (Å²) in [6.45, 7) is 3.18. The second-order valence-electron chi connectivity index (χ2n) is 6.15. The van der Waals surface area contributed by atoms with Crippen molar-refractivity contribution in [1.29, 1.82) is 0 Å². The third-order valence-corrected chi connectivity index (χ3v) is 3.99. The summed E-state index contributed by atoms with van der Waals surface area (Å²) in [5, 5.41) is 0. The molecule has 0 fully saturated rings. The van der Waals surface area contributed by atoms with Gasteiger partial charge in [0.15, 0.2) is 11.5 Å². The fourth-order valence-electron chi connectivity index (χ4n) is 2.92. The van der Waals surface area contributed by atoms with E-state index in [1.165, 1.54) is 11.3 Å². The molecule has 4 rings (SSSR count). The molecule has 0 atom stereocenters. The molecule has 0 saturated heterocycles. The number of fused-ring (bicyclic) bond motifs is 2. The van der Waals surface area contributed by atoms with E-state index in [0.717, 1.165) is 34.9 Å². The smallest absolute Gasteiger partial charge is 0.231 e. The fraction of sp³-hybridized carbons (Fsp3) is 0.278. The minimum atomic E-state index is 0.285. The number of rotatable bonds is 3. The maximum absolute atomic E-state index is 5.51. The number of hydrogen-bond donors (Lipinski definition) is 0. The standard InChI is InChI=1S/C18H19N3O2/c1-12-6-7-21-14(10-20(2)3)18(19-17(21)8-12)13-4-5-15-16(9-13)23-11-22-15/h4-9H,10-11H2,1-3H3. The van der Waals surface area contributed by atoms with Crippen LogP contribution in [0.1, 0.15) is 11.3 Å². The van der Waals surface area contributed by atoms with E-state index in [9.17, 15) is 0 Å². The Kier molecular flexibility index (Phi) is 3.23. The minimum Gasteiger partial charge on any atom is -0.454 e. The average molecular weight is 309 g/mol. The van der Waals surface area contributed by atoms with Crippen LogP contribution in [0.2, 0.25) is 0 Å². The van der Waals surface area contributed by atoms with Gasteiger partial charge >= 0.3 is 0 Å². The number of nitrogens with zero attached hydrogens (tertiary/aromatic N) is 3. The lowest BCUT2D eigenvalue weighted by molar-refractivity contribution is 0.174. The van der Waals surface area contributed by atoms with Crippen LogP contribution in [0.15, 0.2) is 36.5 Å². The van der Waals surface area contributed by atoms with Crippen LogP contribution in [0.3, 0.4) is 0 Å². The first-order valence-corrected chi connectivity index (χ1v) is 7.64. The Morgan fingerprint density at radius 1 is 1.13 bits per heavy atom. The summed E-state index contributed by atoms with van der Waals surface area (Å²) < 4.78 is 13.1. The maximum Gasteiger partial charge on any atom is 0.231 e. The van der Waals surface area contributed by atoms with E-state index in [0.29, 0.717) is 0 Å². The minimum absolute atomic E-state index is 0.285. The summed E-state index contributed by atoms with van der Waals surface area (Å²) in [5.74, 6) is 1.58. The van der Waals surface area contributed by atoms with Crippen molar-refractivity contribution in [3.8, 4) is 22.8 Å². The van der Waals surface area contributed by atoms with Crippen molar-refractivity contribution < 1.29 is 9.47 Å². The Balaban J connectivity index is 1.91. The van der Waals surface area contributed by atoms with Gasteiger partial charge in [-0.25, -0.2) is 4.98 Å². The van der Waals surface area contributed by atoms with Crippen molar-refractivity contribution in [1.82, 2.24) is 14.3 Å². The summed E-state index contributed by atoms with van der Waals surface area (Å²) in [6.07, 6.45) is 2.09. The highest BCUT2D eigenvalue weighted by Crippen LogP contribution is 2.37. The van der Waals surface area contributed by atoms with Gasteiger partial charge in [0.25, 0.3) is 0 Å². The molecule has 1 aromatic carbocycles. The topological polar surface area (TPSA) is 39.0 Å². The van der Waals surface area contributed by atoms with Gasteiger partial charge in [0.05, 0.1) is 11.4 Å². The first-order valence-electron chi connectivity index (χ1n) is 7.64. The SMILES string of the molecule is Cc1ccn2c(CN(C)C)c(-c3ccc4c(c3)OCO4)nc2c1. The molecule has 0 aliphatic carbocycles. The Morgan fingerprint density at radius 3 is 2.78 bits per heavy atom. The van der Waals surface area contributed by atoms with Crippen molar-refractivity contribution in [2.75, 3.05) is 20.9 Å². The summed E-state index contributed by atoms with van der Waals surface area (Å²) in [6, 6.07) is 10.2. The van der Waals surface area contributed by atoms with Gasteiger partial charge in [0.2, 0.25) is 6.79 Å². The van der Waals surface area contributed by atoms with E-state index in [2.05, 4.69) is 48.6 Å². The zero-order valence-corrected chi connectivity index (χ0v) is 13.5. The van der Waals surface area contributed by atoms with E-state index in [1.807, 2.05) is 18.2 Å². The van der Waals surface area contributed by atoms with Gasteiger partial charge < -0.3 is 18.8 Å². The zero-order valence-electron chi connectivity index (χ0n) is 13.5. The molecule has 2 aromatic heterocycles. The lowest BCUT2D eigenvalue weighted by Crippen LogP contribution is -2.13. The van der Waals surface area contributed by atoms with Gasteiger partial charge in [0, 0.05) is 18.3 Å². The number of imidazole rings is 1. The van der Waals surface area contributed by atoms with Crippen molar-refractivity contribution in [2.45, 2.75) is 13.5 Å². The molecule has 3 aromatic rings. The summed E-state index contributed by atoms with van der Waals surface area (Å²) in [7, 11) is 4.13. The molecule has 0 radical (unpaired) electrons. The zero-order chi connectivity index (χ0) is 16.0. The second-order valence-corrected chi connectivity index (χ2v) is 6.15. The number of hydrogen-bond acceptors (Lipinski definition) is 4. The van der Waals surface area contributed by atoms with Crippen molar-refractivity contribution in [3.05, 3.63) is 47.8 Å². The second kappa shape index (κ2) is 5.28. The van der Waals surface area contributed by atoms with Crippen LogP contribution in [0.5, 0.6) is 11.5 Å². The number of ether oxygens (including phenoxy) is 2. The molecule has 1 aliphatic rings. The molecule has 0 spiro atoms. The van der Waals surface area contributed by atoms with E-state index in [4.69, 9.17) is 14.5 Å². The number of pyridine rings is 1. The molecule has 0 unspecified atom stereocenters. The molecule has 0 bridgehead atoms. The molecule has 5 heteroatoms. The number of aromatic nitrogens is 2. The third kappa shape index (κ3) is 2.43. The summed E-state index contributed by atoms with van der Waals surface area (Å²) >= 11 is 0. The maximum atomic E-state index is 5.51. The van der Waals surface area contributed by atoms with Crippen LogP contribution < -0.4 is 9.47 Å². The van der Waals surface area contributed by atoms with Crippen LogP contribution in [0, 0.1) is 6.92 Å². The summed E-state index contributed by atoms with van der Waals surface area (Å²) in [5.41, 5.74) is 5.38. The fourth-order valence-corrected chi connectivity index (χ4v) is 2.92. The first-order chi connectivity index (χ1) is 11.1. The lowest BCUT2D eigenvalue weighted by atomic mass is 10.1. The molecule has 0 N–H and O–H groups in total. The molecule has 0 saturated carbocycles. The highest BCUT2D eigenvalue weighted by molar-refractivity contribution is 5.70. The Morgan fingerprint density at radius 2 is 1.96 bits per heavy atom. The van der Waals surface area contributed by atoms with Gasteiger partial charge in [-0.15, -0.1) is 0 Å². The van der Waals surface area contributed by atoms with Crippen LogP contribution in [0.25, 0.3) is 16.9 Å². The van der Waals surface area contributed by atoms with Gasteiger partial charge in [-0.1, -0.05) is 0 Å². The van der Waals surface area contributed by atoms with Crippen molar-refractivity contribution in [3.63, 3.8) is 0 Å². The molecule has 23 heavy (non-hydrogen) atoms. The highest BCUT2D eigenvalue weighted by atomic mass is 16.7. The molecule has 5 nitrogen and oxygen atoms in total. The lowest BCUT2D eigenvalue weighted by Gasteiger charge is -2.11. The quantitative estimate of drug-likeness (QED) is 0.745. The predicted octanol–water partition coefficient (Wildman–Crippen LogP) is 3.10. The van der Waals surface area contributed by atoms with E-state index in [-0.39, 0.29) is 6.79 Å². The van der Waals surface area contributed by atoms with Crippen LogP contribution in [0.4, 0.5) is 0 Å². The van der Waals surface area contributed by atoms with Crippen molar-refractivity contribution in [2.24, 2.45) is 0 Å². The molecule has 0 amide bonds.